The Morgan fingerprint density at radius 3 is 2.42 bits per heavy atom. The summed E-state index contributed by atoms with van der Waals surface area (Å²) < 4.78 is 4.17. The van der Waals surface area contributed by atoms with Crippen LogP contribution < -0.4 is 5.11 Å². The summed E-state index contributed by atoms with van der Waals surface area (Å²) in [5.74, 6) is -0.587. The van der Waals surface area contributed by atoms with Crippen LogP contribution in [0.1, 0.15) is 6.42 Å². The predicted molar refractivity (Wildman–Crippen MR) is 70.0 cm³/mol. The summed E-state index contributed by atoms with van der Waals surface area (Å²) in [6.07, 6.45) is -1.99. The van der Waals surface area contributed by atoms with Gasteiger partial charge in [0.2, 0.25) is 0 Å². The first-order valence-corrected chi connectivity index (χ1v) is 10.2. The highest BCUT2D eigenvalue weighted by Gasteiger charge is 2.53. The Labute approximate surface area is 114 Å². The molecule has 0 spiro atoms. The maximum atomic E-state index is 11.8. The van der Waals surface area contributed by atoms with Crippen LogP contribution in [0.5, 0.6) is 0 Å². The molecule has 0 bridgehead atoms. The van der Waals surface area contributed by atoms with Gasteiger partial charge >= 0.3 is 5.97 Å². The van der Waals surface area contributed by atoms with Crippen LogP contribution in [0.4, 0.5) is 4.79 Å². The number of aliphatic hydroxyl groups is 1. The summed E-state index contributed by atoms with van der Waals surface area (Å²) in [6, 6.07) is -0.109. The summed E-state index contributed by atoms with van der Waals surface area (Å²) in [6.45, 7) is 6.75. The molecule has 7 heteroatoms. The monoisotopic (exact) mass is 289 g/mol. The molecule has 1 amide bonds. The van der Waals surface area contributed by atoms with Crippen LogP contribution in [0.3, 0.4) is 0 Å². The first-order chi connectivity index (χ1) is 8.62. The zero-order valence-electron chi connectivity index (χ0n) is 12.0. The number of aliphatic hydroxyl groups excluding tert-OH is 1. The largest absolute Gasteiger partial charge is 0.498 e. The molecule has 0 aliphatic carbocycles. The molecule has 0 aromatic heterocycles. The smallest absolute Gasteiger partial charge is 0.365 e. The summed E-state index contributed by atoms with van der Waals surface area (Å²) in [7, 11) is -0.223. The van der Waals surface area contributed by atoms with E-state index in [2.05, 4.69) is 24.4 Å². The molecule has 1 aliphatic heterocycles. The third-order valence-electron chi connectivity index (χ3n) is 3.73. The minimum atomic E-state index is -1.45. The molecular formula is C12H23NO5Si. The Kier molecular flexibility index (Phi) is 4.75. The Balaban J connectivity index is 3.01. The van der Waals surface area contributed by atoms with Gasteiger partial charge in [0.25, 0.3) is 6.09 Å². The number of esters is 1. The Bertz CT molecular complexity index is 368. The van der Waals surface area contributed by atoms with E-state index in [0.717, 1.165) is 6.04 Å². The Morgan fingerprint density at radius 2 is 2.00 bits per heavy atom. The number of quaternary nitrogens is 1. The van der Waals surface area contributed by atoms with Crippen molar-refractivity contribution in [3.8, 4) is 0 Å². The summed E-state index contributed by atoms with van der Waals surface area (Å²) in [5, 5.41) is 21.3. The molecule has 1 unspecified atom stereocenters. The van der Waals surface area contributed by atoms with Crippen molar-refractivity contribution in [2.75, 3.05) is 20.2 Å². The van der Waals surface area contributed by atoms with E-state index in [1.54, 1.807) is 0 Å². The van der Waals surface area contributed by atoms with Gasteiger partial charge in [0.1, 0.15) is 12.6 Å². The summed E-state index contributed by atoms with van der Waals surface area (Å²) >= 11 is 0. The lowest BCUT2D eigenvalue weighted by Gasteiger charge is -2.39. The lowest BCUT2D eigenvalue weighted by Crippen LogP contribution is -2.64. The second kappa shape index (κ2) is 5.60. The van der Waals surface area contributed by atoms with Gasteiger partial charge in [0.15, 0.2) is 6.04 Å². The molecule has 1 heterocycles. The lowest BCUT2D eigenvalue weighted by molar-refractivity contribution is -0.879. The third kappa shape index (κ3) is 3.55. The normalized spacial score (nSPS) is 31.2. The molecule has 110 valence electrons. The Hall–Kier alpha value is -0.923. The number of amides is 1. The van der Waals surface area contributed by atoms with E-state index in [4.69, 9.17) is 0 Å². The van der Waals surface area contributed by atoms with E-state index in [1.807, 2.05) is 0 Å². The zero-order chi connectivity index (χ0) is 14.8. The van der Waals surface area contributed by atoms with Crippen molar-refractivity contribution in [3.63, 3.8) is 0 Å². The van der Waals surface area contributed by atoms with Crippen molar-refractivity contribution < 1.29 is 29.0 Å². The van der Waals surface area contributed by atoms with Gasteiger partial charge in [0, 0.05) is 6.42 Å². The number of carboxylic acid groups (broad SMARTS) is 1. The molecule has 0 aromatic rings. The number of methoxy groups -OCH3 is 1. The molecule has 19 heavy (non-hydrogen) atoms. The fraction of sp³-hybridized carbons (Fsp3) is 0.833. The van der Waals surface area contributed by atoms with E-state index in [1.165, 1.54) is 7.11 Å². The number of ether oxygens (including phenoxy) is 1. The predicted octanol–water partition coefficient (Wildman–Crippen LogP) is -0.209. The fourth-order valence-corrected chi connectivity index (χ4v) is 3.62. The maximum absolute atomic E-state index is 11.8. The molecule has 6 nitrogen and oxygen atoms in total. The second-order valence-corrected chi connectivity index (χ2v) is 12.1. The molecule has 3 atom stereocenters. The highest BCUT2D eigenvalue weighted by Crippen LogP contribution is 2.30. The highest BCUT2D eigenvalue weighted by atomic mass is 28.3. The number of nitrogens with zero attached hydrogens (tertiary/aromatic N) is 1. The average Bonchev–Trinajstić information content (AvgIpc) is 2.63. The summed E-state index contributed by atoms with van der Waals surface area (Å²) in [4.78, 5) is 23.3. The van der Waals surface area contributed by atoms with Crippen LogP contribution in [-0.4, -0.2) is 62.1 Å². The van der Waals surface area contributed by atoms with E-state index >= 15 is 0 Å². The van der Waals surface area contributed by atoms with E-state index < -0.39 is 36.8 Å². The van der Waals surface area contributed by atoms with Gasteiger partial charge in [-0.05, 0) is 6.04 Å². The van der Waals surface area contributed by atoms with Crippen LogP contribution in [0.2, 0.25) is 25.7 Å². The van der Waals surface area contributed by atoms with Crippen molar-refractivity contribution in [2.45, 2.75) is 44.3 Å². The molecule has 0 radical (unpaired) electrons. The van der Waals surface area contributed by atoms with Crippen LogP contribution in [0.25, 0.3) is 0 Å². The zero-order valence-corrected chi connectivity index (χ0v) is 13.0. The molecule has 1 rings (SSSR count). The van der Waals surface area contributed by atoms with Gasteiger partial charge in [-0.15, -0.1) is 0 Å². The molecular weight excluding hydrogens is 266 g/mol. The average molecular weight is 289 g/mol. The second-order valence-electron chi connectivity index (χ2n) is 6.45. The number of hydrogen-bond donors (Lipinski definition) is 1. The van der Waals surface area contributed by atoms with E-state index in [-0.39, 0.29) is 13.0 Å². The fourth-order valence-electron chi connectivity index (χ4n) is 2.55. The van der Waals surface area contributed by atoms with Crippen molar-refractivity contribution in [1.82, 2.24) is 0 Å². The molecule has 1 aliphatic rings. The molecule has 1 fully saturated rings. The SMILES string of the molecule is COC(=O)[C@@H]1C[C@@H](O)C[N+]1(CC[Si](C)(C)C)C(=O)[O-]. The minimum absolute atomic E-state index is 0.0204. The van der Waals surface area contributed by atoms with Gasteiger partial charge in [-0.2, -0.15) is 0 Å². The first-order valence-electron chi connectivity index (χ1n) is 6.46. The topological polar surface area (TPSA) is 86.7 Å². The third-order valence-corrected chi connectivity index (χ3v) is 5.45. The number of rotatable bonds is 4. The number of likely N-dealkylation sites (tertiary alicyclic amines) is 1. The number of carbonyl (C=O) groups is 2. The first kappa shape index (κ1) is 16.1. The number of carbonyl (C=O) groups excluding carboxylic acids is 2. The standard InChI is InChI=1S/C12H23NO5Si/c1-18-11(15)10-7-9(14)8-13(10,12(16)17)5-6-19(2,3)4/h9-10,14H,5-8H2,1-4H3/t9-,10+,13?/m1/s1. The summed E-state index contributed by atoms with van der Waals surface area (Å²) in [5.41, 5.74) is 0. The molecule has 1 saturated heterocycles. The van der Waals surface area contributed by atoms with E-state index in [9.17, 15) is 19.8 Å². The van der Waals surface area contributed by atoms with E-state index in [0.29, 0.717) is 6.54 Å². The van der Waals surface area contributed by atoms with Crippen molar-refractivity contribution >= 4 is 20.1 Å². The maximum Gasteiger partial charge on any atom is 0.365 e. The lowest BCUT2D eigenvalue weighted by atomic mass is 10.2. The quantitative estimate of drug-likeness (QED) is 0.440. The molecule has 0 aromatic carbocycles. The highest BCUT2D eigenvalue weighted by molar-refractivity contribution is 6.76. The van der Waals surface area contributed by atoms with Gasteiger partial charge in [-0.1, -0.05) is 19.6 Å². The van der Waals surface area contributed by atoms with Crippen molar-refractivity contribution in [2.24, 2.45) is 0 Å². The molecule has 0 saturated carbocycles. The van der Waals surface area contributed by atoms with Gasteiger partial charge in [0.05, 0.1) is 21.7 Å². The van der Waals surface area contributed by atoms with Crippen molar-refractivity contribution in [3.05, 3.63) is 0 Å². The van der Waals surface area contributed by atoms with Gasteiger partial charge in [-0.3, -0.25) is 4.48 Å². The van der Waals surface area contributed by atoms with Gasteiger partial charge in [-0.25, -0.2) is 4.79 Å². The van der Waals surface area contributed by atoms with Crippen LogP contribution >= 0.6 is 0 Å². The van der Waals surface area contributed by atoms with Crippen molar-refractivity contribution in [1.29, 1.82) is 0 Å². The van der Waals surface area contributed by atoms with Crippen LogP contribution in [-0.2, 0) is 9.53 Å². The van der Waals surface area contributed by atoms with Gasteiger partial charge < -0.3 is 19.7 Å². The Morgan fingerprint density at radius 1 is 1.42 bits per heavy atom. The number of hydrogen-bond acceptors (Lipinski definition) is 5. The van der Waals surface area contributed by atoms with Crippen LogP contribution in [0, 0.1) is 0 Å². The van der Waals surface area contributed by atoms with Crippen LogP contribution in [0.15, 0.2) is 0 Å². The minimum Gasteiger partial charge on any atom is -0.498 e. The molecule has 1 N–H and O–H groups in total.